The molecule has 1 amide bonds. The van der Waals surface area contributed by atoms with Gasteiger partial charge in [-0.1, -0.05) is 59.2 Å². The SMILES string of the molecule is Cc1noc(-c2ccc(CSCc3ccco3)cc2)c1NC(=O)OC(C)c1ccccc1Cl. The van der Waals surface area contributed by atoms with Crippen molar-refractivity contribution in [3.63, 3.8) is 0 Å². The molecular formula is C25H23ClN2O4S. The Balaban J connectivity index is 1.39. The number of hydrogen-bond donors (Lipinski definition) is 1. The molecule has 170 valence electrons. The minimum absolute atomic E-state index is 0.477. The number of thioether (sulfide) groups is 1. The largest absolute Gasteiger partial charge is 0.468 e. The van der Waals surface area contributed by atoms with Crippen molar-refractivity contribution in [2.45, 2.75) is 31.5 Å². The quantitative estimate of drug-likeness (QED) is 0.278. The lowest BCUT2D eigenvalue weighted by Crippen LogP contribution is -2.17. The summed E-state index contributed by atoms with van der Waals surface area (Å²) < 4.78 is 16.4. The van der Waals surface area contributed by atoms with E-state index in [2.05, 4.69) is 10.5 Å². The summed E-state index contributed by atoms with van der Waals surface area (Å²) in [5.41, 5.74) is 3.76. The second kappa shape index (κ2) is 10.6. The van der Waals surface area contributed by atoms with Crippen molar-refractivity contribution >= 4 is 35.1 Å². The zero-order valence-corrected chi connectivity index (χ0v) is 19.8. The highest BCUT2D eigenvalue weighted by Crippen LogP contribution is 2.32. The van der Waals surface area contributed by atoms with Crippen LogP contribution in [0.3, 0.4) is 0 Å². The van der Waals surface area contributed by atoms with E-state index < -0.39 is 12.2 Å². The van der Waals surface area contributed by atoms with Gasteiger partial charge in [0.15, 0.2) is 5.76 Å². The summed E-state index contributed by atoms with van der Waals surface area (Å²) in [6, 6.07) is 19.1. The Labute approximate surface area is 201 Å². The van der Waals surface area contributed by atoms with Gasteiger partial charge < -0.3 is 13.7 Å². The monoisotopic (exact) mass is 482 g/mol. The van der Waals surface area contributed by atoms with Gasteiger partial charge in [0.2, 0.25) is 0 Å². The fraction of sp³-hybridized carbons (Fsp3) is 0.200. The number of furan rings is 1. The molecule has 0 radical (unpaired) electrons. The summed E-state index contributed by atoms with van der Waals surface area (Å²) in [6.45, 7) is 3.53. The van der Waals surface area contributed by atoms with E-state index in [9.17, 15) is 4.79 Å². The second-order valence-electron chi connectivity index (χ2n) is 7.44. The lowest BCUT2D eigenvalue weighted by molar-refractivity contribution is 0.121. The van der Waals surface area contributed by atoms with Crippen LogP contribution in [0.15, 0.2) is 75.9 Å². The number of nitrogens with zero attached hydrogens (tertiary/aromatic N) is 1. The first-order valence-electron chi connectivity index (χ1n) is 10.4. The third kappa shape index (κ3) is 5.80. The van der Waals surface area contributed by atoms with Crippen molar-refractivity contribution in [1.29, 1.82) is 0 Å². The van der Waals surface area contributed by atoms with E-state index in [1.807, 2.05) is 54.6 Å². The number of carbonyl (C=O) groups is 1. The number of anilines is 1. The van der Waals surface area contributed by atoms with Crippen molar-refractivity contribution in [3.05, 3.63) is 94.5 Å². The average molecular weight is 483 g/mol. The molecular weight excluding hydrogens is 460 g/mol. The highest BCUT2D eigenvalue weighted by atomic mass is 35.5. The number of aryl methyl sites for hydroxylation is 1. The number of benzene rings is 2. The van der Waals surface area contributed by atoms with E-state index in [1.165, 1.54) is 5.56 Å². The van der Waals surface area contributed by atoms with Crippen molar-refractivity contribution in [2.75, 3.05) is 5.32 Å². The molecule has 2 aromatic carbocycles. The molecule has 2 aromatic heterocycles. The number of carbonyl (C=O) groups excluding carboxylic acids is 1. The number of hydrogen-bond acceptors (Lipinski definition) is 6. The molecule has 0 fully saturated rings. The maximum Gasteiger partial charge on any atom is 0.412 e. The predicted molar refractivity (Wildman–Crippen MR) is 130 cm³/mol. The third-order valence-electron chi connectivity index (χ3n) is 5.03. The number of rotatable bonds is 8. The molecule has 0 aliphatic heterocycles. The van der Waals surface area contributed by atoms with Crippen molar-refractivity contribution < 1.29 is 18.5 Å². The summed E-state index contributed by atoms with van der Waals surface area (Å²) in [7, 11) is 0. The van der Waals surface area contributed by atoms with E-state index in [1.54, 1.807) is 37.9 Å². The number of aromatic nitrogens is 1. The van der Waals surface area contributed by atoms with Crippen LogP contribution >= 0.6 is 23.4 Å². The molecule has 4 rings (SSSR count). The van der Waals surface area contributed by atoms with Crippen LogP contribution in [0.25, 0.3) is 11.3 Å². The van der Waals surface area contributed by atoms with Gasteiger partial charge in [0.1, 0.15) is 23.2 Å². The van der Waals surface area contributed by atoms with E-state index >= 15 is 0 Å². The zero-order chi connectivity index (χ0) is 23.2. The third-order valence-corrected chi connectivity index (χ3v) is 6.40. The van der Waals surface area contributed by atoms with Crippen LogP contribution in [-0.4, -0.2) is 11.2 Å². The topological polar surface area (TPSA) is 77.5 Å². The summed E-state index contributed by atoms with van der Waals surface area (Å²) >= 11 is 7.98. The number of ether oxygens (including phenoxy) is 1. The first kappa shape index (κ1) is 23.0. The number of halogens is 1. The van der Waals surface area contributed by atoms with Gasteiger partial charge in [-0.2, -0.15) is 0 Å². The molecule has 0 saturated carbocycles. The number of amides is 1. The molecule has 4 aromatic rings. The van der Waals surface area contributed by atoms with Gasteiger partial charge in [-0.3, -0.25) is 5.32 Å². The molecule has 1 atom stereocenters. The van der Waals surface area contributed by atoms with Crippen molar-refractivity contribution in [3.8, 4) is 11.3 Å². The first-order chi connectivity index (χ1) is 16.0. The van der Waals surface area contributed by atoms with Crippen LogP contribution < -0.4 is 5.32 Å². The van der Waals surface area contributed by atoms with Gasteiger partial charge in [0.25, 0.3) is 0 Å². The van der Waals surface area contributed by atoms with Gasteiger partial charge >= 0.3 is 6.09 Å². The van der Waals surface area contributed by atoms with Crippen LogP contribution in [0.4, 0.5) is 10.5 Å². The van der Waals surface area contributed by atoms with Gasteiger partial charge in [-0.05, 0) is 37.6 Å². The van der Waals surface area contributed by atoms with Gasteiger partial charge in [-0.25, -0.2) is 4.79 Å². The molecule has 33 heavy (non-hydrogen) atoms. The predicted octanol–water partition coefficient (Wildman–Crippen LogP) is 7.64. The summed E-state index contributed by atoms with van der Waals surface area (Å²) in [4.78, 5) is 12.6. The molecule has 1 unspecified atom stereocenters. The molecule has 0 aliphatic carbocycles. The van der Waals surface area contributed by atoms with E-state index in [0.717, 1.165) is 28.4 Å². The molecule has 0 spiro atoms. The van der Waals surface area contributed by atoms with Crippen LogP contribution in [0.5, 0.6) is 0 Å². The molecule has 0 saturated heterocycles. The van der Waals surface area contributed by atoms with Gasteiger partial charge in [0.05, 0.1) is 12.0 Å². The van der Waals surface area contributed by atoms with Crippen LogP contribution in [-0.2, 0) is 16.2 Å². The van der Waals surface area contributed by atoms with Gasteiger partial charge in [-0.15, -0.1) is 11.8 Å². The second-order valence-corrected chi connectivity index (χ2v) is 8.83. The minimum atomic E-state index is -0.610. The Hall–Kier alpha value is -3.16. The average Bonchev–Trinajstić information content (AvgIpc) is 3.45. The van der Waals surface area contributed by atoms with Crippen LogP contribution in [0.1, 0.15) is 35.6 Å². The van der Waals surface area contributed by atoms with Crippen LogP contribution in [0, 0.1) is 6.92 Å². The summed E-state index contributed by atoms with van der Waals surface area (Å²) in [5.74, 6) is 3.11. The zero-order valence-electron chi connectivity index (χ0n) is 18.2. The molecule has 0 bridgehead atoms. The summed E-state index contributed by atoms with van der Waals surface area (Å²) in [5, 5.41) is 7.33. The van der Waals surface area contributed by atoms with Crippen LogP contribution in [0.2, 0.25) is 5.02 Å². The molecule has 6 nitrogen and oxygen atoms in total. The lowest BCUT2D eigenvalue weighted by Gasteiger charge is -2.15. The molecule has 2 heterocycles. The minimum Gasteiger partial charge on any atom is -0.468 e. The fourth-order valence-corrected chi connectivity index (χ4v) is 4.48. The Kier molecular flexibility index (Phi) is 7.42. The summed E-state index contributed by atoms with van der Waals surface area (Å²) in [6.07, 6.45) is 0.560. The lowest BCUT2D eigenvalue weighted by atomic mass is 10.1. The highest BCUT2D eigenvalue weighted by Gasteiger charge is 2.20. The molecule has 1 N–H and O–H groups in total. The maximum atomic E-state index is 12.6. The Morgan fingerprint density at radius 1 is 1.12 bits per heavy atom. The number of nitrogens with one attached hydrogen (secondary N) is 1. The van der Waals surface area contributed by atoms with E-state index in [4.69, 9.17) is 25.3 Å². The Morgan fingerprint density at radius 2 is 1.91 bits per heavy atom. The Bertz CT molecular complexity index is 1210. The fourth-order valence-electron chi connectivity index (χ4n) is 3.29. The highest BCUT2D eigenvalue weighted by molar-refractivity contribution is 7.97. The smallest absolute Gasteiger partial charge is 0.412 e. The normalized spacial score (nSPS) is 11.8. The van der Waals surface area contributed by atoms with E-state index in [-0.39, 0.29) is 0 Å². The maximum absolute atomic E-state index is 12.6. The van der Waals surface area contributed by atoms with E-state index in [0.29, 0.717) is 22.2 Å². The molecule has 8 heteroatoms. The van der Waals surface area contributed by atoms with Crippen molar-refractivity contribution in [1.82, 2.24) is 5.16 Å². The van der Waals surface area contributed by atoms with Crippen molar-refractivity contribution in [2.24, 2.45) is 0 Å². The molecule has 0 aliphatic rings. The van der Waals surface area contributed by atoms with Gasteiger partial charge in [0, 0.05) is 21.9 Å². The Morgan fingerprint density at radius 3 is 2.64 bits per heavy atom. The first-order valence-corrected chi connectivity index (χ1v) is 11.9. The standard InChI is InChI=1S/C25H23ClN2O4S/c1-16-23(27-25(29)31-17(2)21-7-3-4-8-22(21)26)24(32-28-16)19-11-9-18(10-12-19)14-33-15-20-6-5-13-30-20/h3-13,17H,14-15H2,1-2H3,(H,27,29).